The topological polar surface area (TPSA) is 72.2 Å². The van der Waals surface area contributed by atoms with Gasteiger partial charge >= 0.3 is 0 Å². The van der Waals surface area contributed by atoms with Crippen LogP contribution in [0, 0.1) is 72.4 Å². The first-order chi connectivity index (χ1) is 33.4. The maximum Gasteiger partial charge on any atom is 0.142 e. The summed E-state index contributed by atoms with van der Waals surface area (Å²) < 4.78 is 39.9. The number of alkyl halides is 1. The number of likely N-dealkylation sites (tertiary alicyclic amines) is 3. The van der Waals surface area contributed by atoms with Crippen molar-refractivity contribution < 1.29 is 24.8 Å². The molecule has 0 spiro atoms. The van der Waals surface area contributed by atoms with E-state index in [-0.39, 0.29) is 6.84 Å². The molecule has 1 N–H and O–H groups in total. The fourth-order valence-electron chi connectivity index (χ4n) is 15.6. The van der Waals surface area contributed by atoms with Crippen LogP contribution in [0.15, 0.2) is 72.8 Å². The van der Waals surface area contributed by atoms with E-state index < -0.39 is 17.1 Å². The molecule has 5 saturated carbocycles. The third-order valence-electron chi connectivity index (χ3n) is 19.5. The minimum Gasteiger partial charge on any atom is -0.496 e. The Balaban J connectivity index is 0.000000130. The molecule has 3 saturated heterocycles. The van der Waals surface area contributed by atoms with Crippen LogP contribution in [0.3, 0.4) is 0 Å². The SMILES string of the molecule is COc1ccc(F)cc1C1(F)CCN(C[C@H]2C[C@H]3C=C[C@H]2C3)CC1.COc1ccccc1C1(C#N)CCN(C2CC3CCC2C3)CC1.Cc1ccc(C)c(C2(O)CCN(C3CC4CCC3C4)CC2)c1.[HH]. The molecule has 9 aliphatic rings. The summed E-state index contributed by atoms with van der Waals surface area (Å²) in [5.41, 5.74) is 2.64. The Morgan fingerprint density at radius 1 is 0.681 bits per heavy atom. The standard InChI is InChI=1S/C20H25F2NO.C20H26N2O.C20H29NO.H2/c1-24-19-5-4-17(21)12-18(19)20(22)6-8-23(9-7-20)13-16-11-14-2-3-15(16)10-14;1-23-19-5-3-2-4-17(19)20(14-21)8-10-22(11-9-20)18-13-15-6-7-16(18)12-15;1-14-3-4-15(2)18(11-14)20(22)7-9-21(10-8-20)19-13-16-5-6-17(19)12-16;/h2-5,12,14-16H,6-11,13H2,1H3;2-5,15-16,18H,6-13H2,1H3;3-4,11,16-17,19,22H,5-10,12-13H2,1-2H3;1H/t14-,15-,16+;;;/m0.../s1. The molecule has 0 aromatic heterocycles. The Hall–Kier alpha value is -3.81. The van der Waals surface area contributed by atoms with Crippen molar-refractivity contribution in [1.82, 2.24) is 14.7 Å². The number of halogens is 2. The Morgan fingerprint density at radius 2 is 1.30 bits per heavy atom. The van der Waals surface area contributed by atoms with E-state index in [1.165, 1.54) is 106 Å². The van der Waals surface area contributed by atoms with E-state index in [4.69, 9.17) is 9.47 Å². The Morgan fingerprint density at radius 3 is 1.86 bits per heavy atom. The summed E-state index contributed by atoms with van der Waals surface area (Å²) in [5.74, 6) is 7.04. The van der Waals surface area contributed by atoms with Gasteiger partial charge in [0.15, 0.2) is 0 Å². The molecule has 6 unspecified atom stereocenters. The van der Waals surface area contributed by atoms with Gasteiger partial charge in [0.05, 0.1) is 31.3 Å². The van der Waals surface area contributed by atoms with Crippen LogP contribution < -0.4 is 9.47 Å². The zero-order valence-corrected chi connectivity index (χ0v) is 42.2. The molecule has 6 bridgehead atoms. The number of aryl methyl sites for hydroxylation is 2. The number of benzene rings is 3. The van der Waals surface area contributed by atoms with Crippen LogP contribution in [0.5, 0.6) is 11.5 Å². The average molecular weight is 945 g/mol. The lowest BCUT2D eigenvalue weighted by molar-refractivity contribution is -0.0417. The number of aliphatic hydroxyl groups is 1. The lowest BCUT2D eigenvalue weighted by Crippen LogP contribution is -2.48. The third kappa shape index (κ3) is 10.0. The molecule has 3 heterocycles. The highest BCUT2D eigenvalue weighted by Crippen LogP contribution is 2.51. The van der Waals surface area contributed by atoms with E-state index in [0.29, 0.717) is 24.2 Å². The van der Waals surface area contributed by atoms with Crippen LogP contribution in [-0.4, -0.2) is 91.9 Å². The molecule has 374 valence electrons. The quantitative estimate of drug-likeness (QED) is 0.214. The zero-order chi connectivity index (χ0) is 47.9. The number of methoxy groups -OCH3 is 2. The average Bonchev–Trinajstić information content (AvgIpc) is 4.28. The number of fused-ring (bicyclic) bond motifs is 6. The normalized spacial score (nSPS) is 32.8. The maximum absolute atomic E-state index is 15.5. The fourth-order valence-corrected chi connectivity index (χ4v) is 15.6. The van der Waals surface area contributed by atoms with E-state index in [9.17, 15) is 14.8 Å². The predicted octanol–water partition coefficient (Wildman–Crippen LogP) is 12.1. The van der Waals surface area contributed by atoms with Crippen molar-refractivity contribution in [3.63, 3.8) is 0 Å². The van der Waals surface area contributed by atoms with Gasteiger partial charge in [-0.2, -0.15) is 5.26 Å². The number of piperidine rings is 3. The summed E-state index contributed by atoms with van der Waals surface area (Å²) in [5, 5.41) is 21.2. The molecule has 12 rings (SSSR count). The van der Waals surface area contributed by atoms with E-state index in [2.05, 4.69) is 71.0 Å². The molecule has 9 atom stereocenters. The molecule has 8 fully saturated rings. The van der Waals surface area contributed by atoms with Crippen LogP contribution in [0.1, 0.15) is 132 Å². The fraction of sp³-hybridized carbons (Fsp3) is 0.650. The van der Waals surface area contributed by atoms with Gasteiger partial charge in [-0.1, -0.05) is 67.0 Å². The van der Waals surface area contributed by atoms with Crippen molar-refractivity contribution >= 4 is 0 Å². The zero-order valence-electron chi connectivity index (χ0n) is 42.2. The van der Waals surface area contributed by atoms with Gasteiger partial charge in [0.25, 0.3) is 0 Å². The number of nitrogens with zero attached hydrogens (tertiary/aromatic N) is 4. The van der Waals surface area contributed by atoms with Crippen LogP contribution >= 0.6 is 0 Å². The van der Waals surface area contributed by atoms with Crippen molar-refractivity contribution in [1.29, 1.82) is 5.26 Å². The van der Waals surface area contributed by atoms with Crippen LogP contribution in [-0.2, 0) is 16.7 Å². The number of allylic oxidation sites excluding steroid dienone is 2. The molecule has 9 heteroatoms. The number of para-hydroxylation sites is 1. The molecule has 3 aromatic carbocycles. The molecule has 0 radical (unpaired) electrons. The van der Waals surface area contributed by atoms with Crippen molar-refractivity contribution in [3.05, 3.63) is 106 Å². The first-order valence-corrected chi connectivity index (χ1v) is 27.1. The smallest absolute Gasteiger partial charge is 0.142 e. The van der Waals surface area contributed by atoms with Gasteiger partial charge in [0, 0.05) is 70.5 Å². The summed E-state index contributed by atoms with van der Waals surface area (Å²) in [6, 6.07) is 23.0. The second-order valence-corrected chi connectivity index (χ2v) is 23.5. The summed E-state index contributed by atoms with van der Waals surface area (Å²) in [4.78, 5) is 7.78. The van der Waals surface area contributed by atoms with Gasteiger partial charge in [0.1, 0.15) is 23.0 Å². The van der Waals surface area contributed by atoms with Gasteiger partial charge in [-0.25, -0.2) is 8.78 Å². The van der Waals surface area contributed by atoms with Gasteiger partial charge < -0.3 is 19.5 Å². The van der Waals surface area contributed by atoms with Crippen LogP contribution in [0.25, 0.3) is 0 Å². The number of hydrogen-bond acceptors (Lipinski definition) is 7. The summed E-state index contributed by atoms with van der Waals surface area (Å²) >= 11 is 0. The van der Waals surface area contributed by atoms with Crippen molar-refractivity contribution in [2.24, 2.45) is 41.4 Å². The van der Waals surface area contributed by atoms with E-state index in [1.807, 2.05) is 18.2 Å². The van der Waals surface area contributed by atoms with Gasteiger partial charge in [-0.3, -0.25) is 9.80 Å². The second-order valence-electron chi connectivity index (χ2n) is 23.5. The highest BCUT2D eigenvalue weighted by atomic mass is 19.1. The van der Waals surface area contributed by atoms with Crippen molar-refractivity contribution in [2.75, 3.05) is 60.0 Å². The minimum atomic E-state index is -1.49. The molecule has 0 amide bonds. The van der Waals surface area contributed by atoms with Crippen molar-refractivity contribution in [3.8, 4) is 17.6 Å². The van der Waals surface area contributed by atoms with E-state index in [1.54, 1.807) is 7.11 Å². The number of hydrogen-bond donors (Lipinski definition) is 1. The molecule has 3 aliphatic heterocycles. The lowest BCUT2D eigenvalue weighted by Gasteiger charge is -2.43. The maximum atomic E-state index is 15.5. The number of ether oxygens (including phenoxy) is 2. The molecule has 7 nitrogen and oxygen atoms in total. The van der Waals surface area contributed by atoms with E-state index in [0.717, 1.165) is 136 Å². The second kappa shape index (κ2) is 20.4. The number of nitriles is 1. The Kier molecular flexibility index (Phi) is 14.4. The Bertz CT molecular complexity index is 2330. The van der Waals surface area contributed by atoms with Gasteiger partial charge in [-0.05, 0) is 181 Å². The van der Waals surface area contributed by atoms with E-state index >= 15 is 4.39 Å². The first kappa shape index (κ1) is 48.8. The molecule has 3 aromatic rings. The highest BCUT2D eigenvalue weighted by molar-refractivity contribution is 5.44. The highest BCUT2D eigenvalue weighted by Gasteiger charge is 2.48. The lowest BCUT2D eigenvalue weighted by atomic mass is 9.73. The number of rotatable bonds is 9. The predicted molar refractivity (Wildman–Crippen MR) is 273 cm³/mol. The van der Waals surface area contributed by atoms with Crippen LogP contribution in [0.4, 0.5) is 8.78 Å². The Labute approximate surface area is 414 Å². The molecular formula is C60H82F2N4O3. The molecule has 6 aliphatic carbocycles. The monoisotopic (exact) mass is 945 g/mol. The van der Waals surface area contributed by atoms with Crippen molar-refractivity contribution in [2.45, 2.75) is 145 Å². The third-order valence-corrected chi connectivity index (χ3v) is 19.5. The minimum absolute atomic E-state index is 0. The summed E-state index contributed by atoms with van der Waals surface area (Å²) in [6.07, 6.45) is 23.4. The largest absolute Gasteiger partial charge is 0.496 e. The summed E-state index contributed by atoms with van der Waals surface area (Å²) in [6.45, 7) is 11.0. The first-order valence-electron chi connectivity index (χ1n) is 27.1. The molecule has 69 heavy (non-hydrogen) atoms. The van der Waals surface area contributed by atoms with Crippen LogP contribution in [0.2, 0.25) is 0 Å². The van der Waals surface area contributed by atoms with Gasteiger partial charge in [0.2, 0.25) is 0 Å². The summed E-state index contributed by atoms with van der Waals surface area (Å²) in [7, 11) is 3.21. The molecular weight excluding hydrogens is 863 g/mol. The van der Waals surface area contributed by atoms with Gasteiger partial charge in [-0.15, -0.1) is 0 Å².